The molecule has 138 valence electrons. The van der Waals surface area contributed by atoms with E-state index >= 15 is 0 Å². The van der Waals surface area contributed by atoms with Gasteiger partial charge in [-0.25, -0.2) is 4.98 Å². The first-order valence-electron chi connectivity index (χ1n) is 8.44. The Labute approximate surface area is 149 Å². The number of aromatic nitrogens is 4. The van der Waals surface area contributed by atoms with Crippen LogP contribution in [0.15, 0.2) is 18.5 Å². The van der Waals surface area contributed by atoms with E-state index < -0.39 is 11.9 Å². The lowest BCUT2D eigenvalue weighted by Gasteiger charge is -2.27. The number of hydrogen-bond acceptors (Lipinski definition) is 5. The van der Waals surface area contributed by atoms with E-state index in [1.165, 1.54) is 6.07 Å². The monoisotopic (exact) mass is 364 g/mol. The van der Waals surface area contributed by atoms with Crippen LogP contribution in [0.1, 0.15) is 49.8 Å². The SMILES string of the molecule is CC(C)Cn1cnnc1C1CCCN1c1nc(C(F)(F)F)ccc1C#N. The number of hydrogen-bond donors (Lipinski definition) is 0. The first-order valence-corrected chi connectivity index (χ1v) is 8.44. The maximum atomic E-state index is 13.1. The number of rotatable bonds is 4. The molecule has 1 aliphatic rings. The Bertz CT molecular complexity index is 821. The highest BCUT2D eigenvalue weighted by Crippen LogP contribution is 2.38. The van der Waals surface area contributed by atoms with E-state index in [9.17, 15) is 18.4 Å². The van der Waals surface area contributed by atoms with E-state index in [1.54, 1.807) is 11.2 Å². The van der Waals surface area contributed by atoms with E-state index in [0.29, 0.717) is 24.8 Å². The Balaban J connectivity index is 2.01. The zero-order chi connectivity index (χ0) is 18.9. The van der Waals surface area contributed by atoms with Crippen LogP contribution >= 0.6 is 0 Å². The second kappa shape index (κ2) is 6.94. The lowest BCUT2D eigenvalue weighted by molar-refractivity contribution is -0.141. The minimum absolute atomic E-state index is 0.0592. The summed E-state index contributed by atoms with van der Waals surface area (Å²) < 4.78 is 41.2. The zero-order valence-corrected chi connectivity index (χ0v) is 14.5. The van der Waals surface area contributed by atoms with Gasteiger partial charge in [0.2, 0.25) is 0 Å². The summed E-state index contributed by atoms with van der Waals surface area (Å²) in [4.78, 5) is 5.51. The summed E-state index contributed by atoms with van der Waals surface area (Å²) in [6.45, 7) is 5.37. The molecule has 0 aromatic carbocycles. The Morgan fingerprint density at radius 2 is 2.12 bits per heavy atom. The van der Waals surface area contributed by atoms with Gasteiger partial charge in [0, 0.05) is 13.1 Å². The molecule has 3 heterocycles. The molecule has 0 saturated carbocycles. The number of pyridine rings is 1. The predicted molar refractivity (Wildman–Crippen MR) is 88.1 cm³/mol. The van der Waals surface area contributed by atoms with Gasteiger partial charge in [0.05, 0.1) is 11.6 Å². The molecule has 1 atom stereocenters. The minimum atomic E-state index is -4.56. The van der Waals surface area contributed by atoms with Crippen molar-refractivity contribution < 1.29 is 13.2 Å². The first kappa shape index (κ1) is 18.2. The summed E-state index contributed by atoms with van der Waals surface area (Å²) in [6, 6.07) is 3.72. The number of anilines is 1. The lowest BCUT2D eigenvalue weighted by atomic mass is 10.1. The molecule has 1 aliphatic heterocycles. The quantitative estimate of drug-likeness (QED) is 0.830. The summed E-state index contributed by atoms with van der Waals surface area (Å²) in [7, 11) is 0. The van der Waals surface area contributed by atoms with Gasteiger partial charge in [-0.1, -0.05) is 13.8 Å². The van der Waals surface area contributed by atoms with Crippen molar-refractivity contribution in [1.29, 1.82) is 5.26 Å². The van der Waals surface area contributed by atoms with Crippen LogP contribution < -0.4 is 4.90 Å². The Hall–Kier alpha value is -2.63. The molecule has 26 heavy (non-hydrogen) atoms. The maximum absolute atomic E-state index is 13.1. The standard InChI is InChI=1S/C17H19F3N6/c1-11(2)9-25-10-22-24-16(25)13-4-3-7-26(13)15-12(8-21)5-6-14(23-15)17(18,19)20/h5-6,10-11,13H,3-4,7,9H2,1-2H3. The molecule has 0 N–H and O–H groups in total. The summed E-state index contributed by atoms with van der Waals surface area (Å²) >= 11 is 0. The fraction of sp³-hybridized carbons (Fsp3) is 0.529. The van der Waals surface area contributed by atoms with Crippen LogP contribution in [0.2, 0.25) is 0 Å². The molecule has 9 heteroatoms. The summed E-state index contributed by atoms with van der Waals surface area (Å²) in [5, 5.41) is 17.5. The van der Waals surface area contributed by atoms with Crippen LogP contribution in [-0.4, -0.2) is 26.3 Å². The number of alkyl halides is 3. The minimum Gasteiger partial charge on any atom is -0.345 e. The fourth-order valence-corrected chi connectivity index (χ4v) is 3.26. The molecule has 6 nitrogen and oxygen atoms in total. The van der Waals surface area contributed by atoms with Gasteiger partial charge in [0.15, 0.2) is 5.82 Å². The Morgan fingerprint density at radius 1 is 1.35 bits per heavy atom. The van der Waals surface area contributed by atoms with Gasteiger partial charge in [-0.15, -0.1) is 10.2 Å². The highest BCUT2D eigenvalue weighted by atomic mass is 19.4. The third-order valence-corrected chi connectivity index (χ3v) is 4.32. The van der Waals surface area contributed by atoms with Gasteiger partial charge < -0.3 is 9.47 Å². The normalized spacial score (nSPS) is 17.7. The van der Waals surface area contributed by atoms with E-state index in [-0.39, 0.29) is 17.4 Å². The molecule has 2 aromatic rings. The molecule has 1 unspecified atom stereocenters. The number of halogens is 3. The second-order valence-electron chi connectivity index (χ2n) is 6.76. The maximum Gasteiger partial charge on any atom is 0.433 e. The molecular weight excluding hydrogens is 345 g/mol. The summed E-state index contributed by atoms with van der Waals surface area (Å²) in [5.74, 6) is 1.13. The molecule has 0 radical (unpaired) electrons. The van der Waals surface area contributed by atoms with Gasteiger partial charge in [-0.05, 0) is 30.9 Å². The van der Waals surface area contributed by atoms with Crippen molar-refractivity contribution in [3.63, 3.8) is 0 Å². The fourth-order valence-electron chi connectivity index (χ4n) is 3.26. The molecule has 0 spiro atoms. The van der Waals surface area contributed by atoms with Crippen LogP contribution in [0.25, 0.3) is 0 Å². The van der Waals surface area contributed by atoms with Crippen molar-refractivity contribution in [1.82, 2.24) is 19.7 Å². The molecule has 3 rings (SSSR count). The Morgan fingerprint density at radius 3 is 2.77 bits per heavy atom. The van der Waals surface area contributed by atoms with Crippen molar-refractivity contribution in [2.75, 3.05) is 11.4 Å². The van der Waals surface area contributed by atoms with Crippen LogP contribution in [-0.2, 0) is 12.7 Å². The van der Waals surface area contributed by atoms with Gasteiger partial charge >= 0.3 is 6.18 Å². The predicted octanol–water partition coefficient (Wildman–Crippen LogP) is 3.56. The zero-order valence-electron chi connectivity index (χ0n) is 14.5. The average molecular weight is 364 g/mol. The number of nitrogens with zero attached hydrogens (tertiary/aromatic N) is 6. The molecule has 0 bridgehead atoms. The van der Waals surface area contributed by atoms with Crippen LogP contribution in [0.5, 0.6) is 0 Å². The molecule has 2 aromatic heterocycles. The van der Waals surface area contributed by atoms with E-state index in [2.05, 4.69) is 29.0 Å². The molecule has 1 fully saturated rings. The largest absolute Gasteiger partial charge is 0.433 e. The molecule has 0 amide bonds. The highest BCUT2D eigenvalue weighted by molar-refractivity contribution is 5.56. The first-order chi connectivity index (χ1) is 12.3. The smallest absolute Gasteiger partial charge is 0.345 e. The Kier molecular flexibility index (Phi) is 4.85. The van der Waals surface area contributed by atoms with E-state index in [1.807, 2.05) is 10.6 Å². The van der Waals surface area contributed by atoms with Crippen molar-refractivity contribution in [2.45, 2.75) is 45.5 Å². The number of nitriles is 1. The lowest BCUT2D eigenvalue weighted by Crippen LogP contribution is -2.28. The van der Waals surface area contributed by atoms with Crippen molar-refractivity contribution >= 4 is 5.82 Å². The van der Waals surface area contributed by atoms with Gasteiger partial charge in [-0.3, -0.25) is 0 Å². The van der Waals surface area contributed by atoms with Crippen molar-refractivity contribution in [3.8, 4) is 6.07 Å². The van der Waals surface area contributed by atoms with Crippen molar-refractivity contribution in [2.24, 2.45) is 5.92 Å². The van der Waals surface area contributed by atoms with Gasteiger partial charge in [0.1, 0.15) is 23.9 Å². The average Bonchev–Trinajstić information content (AvgIpc) is 3.21. The van der Waals surface area contributed by atoms with E-state index in [0.717, 1.165) is 18.9 Å². The van der Waals surface area contributed by atoms with Crippen molar-refractivity contribution in [3.05, 3.63) is 35.5 Å². The molecule has 1 saturated heterocycles. The van der Waals surface area contributed by atoms with Gasteiger partial charge in [-0.2, -0.15) is 18.4 Å². The highest BCUT2D eigenvalue weighted by Gasteiger charge is 2.36. The van der Waals surface area contributed by atoms with Crippen LogP contribution in [0, 0.1) is 17.2 Å². The summed E-state index contributed by atoms with van der Waals surface area (Å²) in [5.41, 5.74) is -0.874. The van der Waals surface area contributed by atoms with Gasteiger partial charge in [0.25, 0.3) is 0 Å². The third kappa shape index (κ3) is 3.49. The van der Waals surface area contributed by atoms with E-state index in [4.69, 9.17) is 0 Å². The second-order valence-corrected chi connectivity index (χ2v) is 6.76. The topological polar surface area (TPSA) is 70.6 Å². The molecular formula is C17H19F3N6. The molecule has 0 aliphatic carbocycles. The van der Waals surface area contributed by atoms with Crippen LogP contribution in [0.4, 0.5) is 19.0 Å². The third-order valence-electron chi connectivity index (χ3n) is 4.32. The van der Waals surface area contributed by atoms with Crippen LogP contribution in [0.3, 0.4) is 0 Å². The summed E-state index contributed by atoms with van der Waals surface area (Å²) in [6.07, 6.45) is -1.42.